The van der Waals surface area contributed by atoms with Gasteiger partial charge in [-0.1, -0.05) is 0 Å². The van der Waals surface area contributed by atoms with Crippen LogP contribution in [0.2, 0.25) is 0 Å². The van der Waals surface area contributed by atoms with Gasteiger partial charge in [0, 0.05) is 6.07 Å². The minimum absolute atomic E-state index is 0.539. The number of hydrogen-bond acceptors (Lipinski definition) is 4. The quantitative estimate of drug-likeness (QED) is 0.462. The maximum Gasteiger partial charge on any atom is 0.207 e. The van der Waals surface area contributed by atoms with Crippen molar-refractivity contribution in [1.29, 1.82) is 0 Å². The smallest absolute Gasteiger partial charge is 0.155 e. The number of hydrogen-bond donors (Lipinski definition) is 0. The lowest BCUT2D eigenvalue weighted by molar-refractivity contribution is 0.732. The SMILES string of the molecule is [c]1ccnn2nnnc12. The molecule has 5 heteroatoms. The molecule has 0 amide bonds. The maximum atomic E-state index is 3.79. The lowest BCUT2D eigenvalue weighted by atomic mass is 10.6. The van der Waals surface area contributed by atoms with Gasteiger partial charge in [0.2, 0.25) is 5.65 Å². The molecule has 0 bridgehead atoms. The molecular weight excluding hydrogens is 118 g/mol. The summed E-state index contributed by atoms with van der Waals surface area (Å²) >= 11 is 0. The molecule has 2 aromatic rings. The molecule has 43 valence electrons. The molecule has 1 radical (unpaired) electrons. The van der Waals surface area contributed by atoms with Crippen molar-refractivity contribution in [2.75, 3.05) is 0 Å². The molecular formula is C4H2N5. The molecule has 0 saturated carbocycles. The molecule has 0 saturated heterocycles. The molecule has 0 atom stereocenters. The van der Waals surface area contributed by atoms with Crippen molar-refractivity contribution in [3.8, 4) is 0 Å². The minimum Gasteiger partial charge on any atom is -0.155 e. The third kappa shape index (κ3) is 0.543. The Kier molecular flexibility index (Phi) is 0.717. The van der Waals surface area contributed by atoms with E-state index in [0.717, 1.165) is 0 Å². The van der Waals surface area contributed by atoms with E-state index in [1.807, 2.05) is 0 Å². The molecule has 0 spiro atoms. The fourth-order valence-electron chi connectivity index (χ4n) is 0.555. The lowest BCUT2D eigenvalue weighted by Crippen LogP contribution is -1.90. The van der Waals surface area contributed by atoms with Gasteiger partial charge in [0.05, 0.1) is 6.20 Å². The average Bonchev–Trinajstić information content (AvgIpc) is 2.33. The van der Waals surface area contributed by atoms with Gasteiger partial charge in [0.25, 0.3) is 0 Å². The summed E-state index contributed by atoms with van der Waals surface area (Å²) in [4.78, 5) is 0. The van der Waals surface area contributed by atoms with Gasteiger partial charge < -0.3 is 0 Å². The summed E-state index contributed by atoms with van der Waals surface area (Å²) in [5.74, 6) is 0. The van der Waals surface area contributed by atoms with Gasteiger partial charge in [-0.2, -0.15) is 5.10 Å². The van der Waals surface area contributed by atoms with E-state index < -0.39 is 0 Å². The molecule has 0 unspecified atom stereocenters. The first-order valence-electron chi connectivity index (χ1n) is 2.38. The van der Waals surface area contributed by atoms with Crippen LogP contribution in [0.3, 0.4) is 0 Å². The molecule has 0 fully saturated rings. The van der Waals surface area contributed by atoms with E-state index in [-0.39, 0.29) is 0 Å². The summed E-state index contributed by atoms with van der Waals surface area (Å²) in [5.41, 5.74) is 0.539. The number of tetrazole rings is 1. The van der Waals surface area contributed by atoms with Crippen LogP contribution >= 0.6 is 0 Å². The van der Waals surface area contributed by atoms with Gasteiger partial charge in [-0.05, 0) is 16.5 Å². The van der Waals surface area contributed by atoms with Crippen LogP contribution in [0, 0.1) is 6.07 Å². The summed E-state index contributed by atoms with van der Waals surface area (Å²) < 4.78 is 1.31. The van der Waals surface area contributed by atoms with Crippen molar-refractivity contribution < 1.29 is 0 Å². The van der Waals surface area contributed by atoms with Crippen LogP contribution in [0.15, 0.2) is 12.3 Å². The highest BCUT2D eigenvalue weighted by Gasteiger charge is 1.91. The molecule has 2 rings (SSSR count). The normalized spacial score (nSPS) is 10.2. The van der Waals surface area contributed by atoms with E-state index in [1.165, 1.54) is 4.63 Å². The van der Waals surface area contributed by atoms with E-state index in [9.17, 15) is 0 Å². The Hall–Kier alpha value is -1.52. The predicted molar refractivity (Wildman–Crippen MR) is 27.4 cm³/mol. The lowest BCUT2D eigenvalue weighted by Gasteiger charge is -1.80. The van der Waals surface area contributed by atoms with Gasteiger partial charge in [-0.15, -0.1) is 9.73 Å². The Morgan fingerprint density at radius 3 is 3.44 bits per heavy atom. The summed E-state index contributed by atoms with van der Waals surface area (Å²) in [6.07, 6.45) is 1.57. The summed E-state index contributed by atoms with van der Waals surface area (Å²) in [6.45, 7) is 0. The number of aromatic nitrogens is 5. The second kappa shape index (κ2) is 1.48. The molecule has 0 aliphatic heterocycles. The van der Waals surface area contributed by atoms with Crippen LogP contribution in [-0.4, -0.2) is 25.3 Å². The van der Waals surface area contributed by atoms with E-state index in [1.54, 1.807) is 12.3 Å². The van der Waals surface area contributed by atoms with Crippen molar-refractivity contribution >= 4 is 5.65 Å². The Labute approximate surface area is 50.3 Å². The first-order chi connectivity index (χ1) is 4.47. The van der Waals surface area contributed by atoms with Gasteiger partial charge in [0.1, 0.15) is 0 Å². The van der Waals surface area contributed by atoms with Gasteiger partial charge in [-0.3, -0.25) is 0 Å². The van der Waals surface area contributed by atoms with Crippen LogP contribution in [0.4, 0.5) is 0 Å². The molecule has 0 aromatic carbocycles. The Bertz CT molecular complexity index is 283. The zero-order valence-corrected chi connectivity index (χ0v) is 4.39. The Balaban J connectivity index is 2.95. The van der Waals surface area contributed by atoms with Crippen molar-refractivity contribution in [2.24, 2.45) is 0 Å². The highest BCUT2D eigenvalue weighted by atomic mass is 15.6. The zero-order chi connectivity index (χ0) is 6.10. The zero-order valence-electron chi connectivity index (χ0n) is 4.39. The monoisotopic (exact) mass is 120 g/mol. The van der Waals surface area contributed by atoms with Crippen molar-refractivity contribution in [2.45, 2.75) is 0 Å². The van der Waals surface area contributed by atoms with Crippen LogP contribution < -0.4 is 0 Å². The third-order valence-corrected chi connectivity index (χ3v) is 0.917. The molecule has 2 heterocycles. The van der Waals surface area contributed by atoms with Gasteiger partial charge >= 0.3 is 0 Å². The van der Waals surface area contributed by atoms with Crippen molar-refractivity contribution in [1.82, 2.24) is 25.3 Å². The highest BCUT2D eigenvalue weighted by molar-refractivity contribution is 5.28. The van der Waals surface area contributed by atoms with Gasteiger partial charge in [-0.25, -0.2) is 0 Å². The van der Waals surface area contributed by atoms with E-state index in [0.29, 0.717) is 5.65 Å². The number of rotatable bonds is 0. The molecule has 0 N–H and O–H groups in total. The topological polar surface area (TPSA) is 56.0 Å². The summed E-state index contributed by atoms with van der Waals surface area (Å²) in [6, 6.07) is 4.45. The summed E-state index contributed by atoms with van der Waals surface area (Å²) in [7, 11) is 0. The van der Waals surface area contributed by atoms with E-state index >= 15 is 0 Å². The second-order valence-corrected chi connectivity index (χ2v) is 1.47. The average molecular weight is 120 g/mol. The molecule has 2 aromatic heterocycles. The standard InChI is InChI=1S/C4H2N5/c1-2-4-6-7-8-9(4)5-3-1/h1,3H. The number of nitrogens with zero attached hydrogens (tertiary/aromatic N) is 5. The predicted octanol–water partition coefficient (Wildman–Crippen LogP) is -0.681. The van der Waals surface area contributed by atoms with E-state index in [2.05, 4.69) is 26.7 Å². The number of fused-ring (bicyclic) bond motifs is 1. The van der Waals surface area contributed by atoms with Crippen LogP contribution in [-0.2, 0) is 0 Å². The van der Waals surface area contributed by atoms with Crippen molar-refractivity contribution in [3.05, 3.63) is 18.3 Å². The Morgan fingerprint density at radius 1 is 1.56 bits per heavy atom. The first-order valence-corrected chi connectivity index (χ1v) is 2.38. The molecule has 0 aliphatic rings. The van der Waals surface area contributed by atoms with Crippen LogP contribution in [0.25, 0.3) is 5.65 Å². The third-order valence-electron chi connectivity index (χ3n) is 0.917. The van der Waals surface area contributed by atoms with E-state index in [4.69, 9.17) is 0 Å². The summed E-state index contributed by atoms with van der Waals surface area (Å²) in [5, 5.41) is 14.3. The van der Waals surface area contributed by atoms with Crippen LogP contribution in [0.1, 0.15) is 0 Å². The fraction of sp³-hybridized carbons (Fsp3) is 0. The largest absolute Gasteiger partial charge is 0.207 e. The van der Waals surface area contributed by atoms with Crippen LogP contribution in [0.5, 0.6) is 0 Å². The Morgan fingerprint density at radius 2 is 2.56 bits per heavy atom. The highest BCUT2D eigenvalue weighted by Crippen LogP contribution is 1.86. The molecule has 5 nitrogen and oxygen atoms in total. The second-order valence-electron chi connectivity index (χ2n) is 1.47. The maximum absolute atomic E-state index is 3.79. The molecule has 9 heavy (non-hydrogen) atoms. The minimum atomic E-state index is 0.539. The molecule has 0 aliphatic carbocycles. The van der Waals surface area contributed by atoms with Crippen molar-refractivity contribution in [3.63, 3.8) is 0 Å². The van der Waals surface area contributed by atoms with Gasteiger partial charge in [0.15, 0.2) is 0 Å². The first kappa shape index (κ1) is 4.37. The fourth-order valence-corrected chi connectivity index (χ4v) is 0.555.